The van der Waals surface area contributed by atoms with Gasteiger partial charge in [-0.1, -0.05) is 13.8 Å². The molecule has 0 aliphatic heterocycles. The van der Waals surface area contributed by atoms with Crippen LogP contribution in [-0.4, -0.2) is 30.1 Å². The number of H-pyrrole nitrogens is 2. The number of fused-ring (bicyclic) bond motifs is 1. The Hall–Kier alpha value is -1.75. The zero-order valence-corrected chi connectivity index (χ0v) is 11.8. The predicted octanol–water partition coefficient (Wildman–Crippen LogP) is 1.67. The Morgan fingerprint density at radius 1 is 1.26 bits per heavy atom. The Balaban J connectivity index is 2.21. The highest BCUT2D eigenvalue weighted by molar-refractivity contribution is 5.78. The molecule has 2 aromatic rings. The van der Waals surface area contributed by atoms with Gasteiger partial charge in [0.25, 0.3) is 0 Å². The van der Waals surface area contributed by atoms with Gasteiger partial charge in [-0.15, -0.1) is 0 Å². The van der Waals surface area contributed by atoms with Crippen LogP contribution in [0.25, 0.3) is 11.0 Å². The molecule has 5 nitrogen and oxygen atoms in total. The maximum absolute atomic E-state index is 11.2. The molecule has 0 unspecified atom stereocenters. The average molecular weight is 262 g/mol. The van der Waals surface area contributed by atoms with Crippen LogP contribution in [0.4, 0.5) is 5.69 Å². The van der Waals surface area contributed by atoms with Crippen molar-refractivity contribution in [2.24, 2.45) is 11.1 Å². The Morgan fingerprint density at radius 3 is 2.63 bits per heavy atom. The third-order valence-electron chi connectivity index (χ3n) is 3.43. The standard InChI is InChI=1S/C14H22N4O/c1-14(2,6-7-15)9-18(3)10-4-5-11-12(8-10)17-13(19)16-11/h4-5,8H,6-7,9,15H2,1-3H3,(H2,16,17,19). The van der Waals surface area contributed by atoms with E-state index in [4.69, 9.17) is 5.73 Å². The van der Waals surface area contributed by atoms with Crippen molar-refractivity contribution in [1.82, 2.24) is 9.97 Å². The molecule has 1 heterocycles. The number of rotatable bonds is 5. The van der Waals surface area contributed by atoms with E-state index in [9.17, 15) is 4.79 Å². The van der Waals surface area contributed by atoms with Crippen LogP contribution in [0.1, 0.15) is 20.3 Å². The largest absolute Gasteiger partial charge is 0.374 e. The Bertz CT molecular complexity index is 611. The van der Waals surface area contributed by atoms with Gasteiger partial charge in [0.15, 0.2) is 0 Å². The number of nitrogens with zero attached hydrogens (tertiary/aromatic N) is 1. The van der Waals surface area contributed by atoms with Gasteiger partial charge in [0, 0.05) is 19.3 Å². The van der Waals surface area contributed by atoms with E-state index in [2.05, 4.69) is 35.8 Å². The molecule has 4 N–H and O–H groups in total. The molecular weight excluding hydrogens is 240 g/mol. The summed E-state index contributed by atoms with van der Waals surface area (Å²) >= 11 is 0. The molecule has 0 aliphatic rings. The van der Waals surface area contributed by atoms with Gasteiger partial charge in [0.2, 0.25) is 0 Å². The zero-order valence-electron chi connectivity index (χ0n) is 11.8. The molecule has 0 fully saturated rings. The minimum Gasteiger partial charge on any atom is -0.374 e. The number of nitrogens with two attached hydrogens (primary N) is 1. The van der Waals surface area contributed by atoms with Crippen molar-refractivity contribution >= 4 is 16.7 Å². The highest BCUT2D eigenvalue weighted by Gasteiger charge is 2.19. The summed E-state index contributed by atoms with van der Waals surface area (Å²) in [6, 6.07) is 5.94. The van der Waals surface area contributed by atoms with Crippen LogP contribution in [0.15, 0.2) is 23.0 Å². The van der Waals surface area contributed by atoms with Crippen LogP contribution in [0.2, 0.25) is 0 Å². The lowest BCUT2D eigenvalue weighted by atomic mass is 9.88. The fourth-order valence-corrected chi connectivity index (χ4v) is 2.46. The van der Waals surface area contributed by atoms with Crippen molar-refractivity contribution < 1.29 is 0 Å². The highest BCUT2D eigenvalue weighted by Crippen LogP contribution is 2.25. The minimum absolute atomic E-state index is 0.168. The van der Waals surface area contributed by atoms with Gasteiger partial charge in [0.05, 0.1) is 11.0 Å². The van der Waals surface area contributed by atoms with E-state index in [0.29, 0.717) is 6.54 Å². The zero-order chi connectivity index (χ0) is 14.0. The summed E-state index contributed by atoms with van der Waals surface area (Å²) in [5.74, 6) is 0. The molecule has 1 aromatic carbocycles. The first kappa shape index (κ1) is 13.7. The van der Waals surface area contributed by atoms with Crippen LogP contribution in [0.5, 0.6) is 0 Å². The van der Waals surface area contributed by atoms with Crippen molar-refractivity contribution in [2.45, 2.75) is 20.3 Å². The molecule has 2 rings (SSSR count). The summed E-state index contributed by atoms with van der Waals surface area (Å²) in [6.45, 7) is 6.05. The second-order valence-corrected chi connectivity index (χ2v) is 5.87. The number of anilines is 1. The van der Waals surface area contributed by atoms with Crippen LogP contribution in [-0.2, 0) is 0 Å². The summed E-state index contributed by atoms with van der Waals surface area (Å²) in [6.07, 6.45) is 0.987. The number of hydrogen-bond acceptors (Lipinski definition) is 3. The van der Waals surface area contributed by atoms with Gasteiger partial charge in [-0.3, -0.25) is 0 Å². The molecular formula is C14H22N4O. The number of aromatic nitrogens is 2. The van der Waals surface area contributed by atoms with E-state index in [-0.39, 0.29) is 11.1 Å². The number of hydrogen-bond donors (Lipinski definition) is 3. The average Bonchev–Trinajstić information content (AvgIpc) is 2.66. The monoisotopic (exact) mass is 262 g/mol. The number of nitrogens with one attached hydrogen (secondary N) is 2. The first-order chi connectivity index (χ1) is 8.91. The molecule has 0 saturated carbocycles. The maximum Gasteiger partial charge on any atom is 0.323 e. The van der Waals surface area contributed by atoms with Crippen molar-refractivity contribution in [3.63, 3.8) is 0 Å². The topological polar surface area (TPSA) is 77.9 Å². The fourth-order valence-electron chi connectivity index (χ4n) is 2.46. The number of aromatic amines is 2. The Labute approximate surface area is 112 Å². The Morgan fingerprint density at radius 2 is 1.95 bits per heavy atom. The lowest BCUT2D eigenvalue weighted by Crippen LogP contribution is -2.32. The lowest BCUT2D eigenvalue weighted by molar-refractivity contribution is 0.347. The summed E-state index contributed by atoms with van der Waals surface area (Å²) in [7, 11) is 2.06. The molecule has 104 valence electrons. The van der Waals surface area contributed by atoms with E-state index in [1.165, 1.54) is 0 Å². The molecule has 0 spiro atoms. The maximum atomic E-state index is 11.2. The summed E-state index contributed by atoms with van der Waals surface area (Å²) in [5.41, 5.74) is 8.41. The van der Waals surface area contributed by atoms with Crippen molar-refractivity contribution in [1.29, 1.82) is 0 Å². The molecule has 0 aliphatic carbocycles. The van der Waals surface area contributed by atoms with E-state index in [1.54, 1.807) is 0 Å². The van der Waals surface area contributed by atoms with Gasteiger partial charge >= 0.3 is 5.69 Å². The molecule has 0 atom stereocenters. The molecule has 0 bridgehead atoms. The fraction of sp³-hybridized carbons (Fsp3) is 0.500. The van der Waals surface area contributed by atoms with E-state index >= 15 is 0 Å². The molecule has 5 heteroatoms. The molecule has 1 aromatic heterocycles. The molecule has 0 saturated heterocycles. The van der Waals surface area contributed by atoms with Crippen LogP contribution in [0, 0.1) is 5.41 Å². The smallest absolute Gasteiger partial charge is 0.323 e. The molecule has 0 amide bonds. The molecule has 19 heavy (non-hydrogen) atoms. The highest BCUT2D eigenvalue weighted by atomic mass is 16.1. The van der Waals surface area contributed by atoms with Crippen molar-refractivity contribution in [3.05, 3.63) is 28.7 Å². The van der Waals surface area contributed by atoms with Gasteiger partial charge in [-0.25, -0.2) is 4.79 Å². The van der Waals surface area contributed by atoms with Gasteiger partial charge in [-0.2, -0.15) is 0 Å². The van der Waals surface area contributed by atoms with Gasteiger partial charge in [-0.05, 0) is 36.6 Å². The Kier molecular flexibility index (Phi) is 3.66. The van der Waals surface area contributed by atoms with E-state index in [1.807, 2.05) is 18.2 Å². The minimum atomic E-state index is -0.168. The second kappa shape index (κ2) is 5.09. The normalized spacial score (nSPS) is 12.0. The van der Waals surface area contributed by atoms with Gasteiger partial charge < -0.3 is 20.6 Å². The van der Waals surface area contributed by atoms with Crippen LogP contribution in [0.3, 0.4) is 0 Å². The first-order valence-electron chi connectivity index (χ1n) is 6.54. The predicted molar refractivity (Wildman–Crippen MR) is 79.6 cm³/mol. The number of imidazole rings is 1. The second-order valence-electron chi connectivity index (χ2n) is 5.87. The van der Waals surface area contributed by atoms with Gasteiger partial charge in [0.1, 0.15) is 0 Å². The summed E-state index contributed by atoms with van der Waals surface area (Å²) < 4.78 is 0. The third kappa shape index (κ3) is 3.17. The van der Waals surface area contributed by atoms with Crippen molar-refractivity contribution in [3.8, 4) is 0 Å². The quantitative estimate of drug-likeness (QED) is 0.767. The van der Waals surface area contributed by atoms with Crippen LogP contribution < -0.4 is 16.3 Å². The summed E-state index contributed by atoms with van der Waals surface area (Å²) in [4.78, 5) is 19.0. The first-order valence-corrected chi connectivity index (χ1v) is 6.54. The van der Waals surface area contributed by atoms with Crippen molar-refractivity contribution in [2.75, 3.05) is 25.0 Å². The van der Waals surface area contributed by atoms with E-state index < -0.39 is 0 Å². The SMILES string of the molecule is CN(CC(C)(C)CCN)c1ccc2[nH]c(=O)[nH]c2c1. The lowest BCUT2D eigenvalue weighted by Gasteiger charge is -2.31. The van der Waals surface area contributed by atoms with E-state index in [0.717, 1.165) is 29.7 Å². The number of benzene rings is 1. The van der Waals surface area contributed by atoms with Crippen LogP contribution >= 0.6 is 0 Å². The summed E-state index contributed by atoms with van der Waals surface area (Å²) in [5, 5.41) is 0. The molecule has 0 radical (unpaired) electrons. The third-order valence-corrected chi connectivity index (χ3v) is 3.43.